The molecule has 2 aromatic carbocycles. The zero-order chi connectivity index (χ0) is 19.3. The Labute approximate surface area is 152 Å². The molecule has 136 valence electrons. The Hall–Kier alpha value is -2.06. The molecule has 0 aromatic heterocycles. The summed E-state index contributed by atoms with van der Waals surface area (Å²) >= 11 is 11.4. The molecule has 2 nitrogen and oxygen atoms in total. The molecule has 0 radical (unpaired) electrons. The van der Waals surface area contributed by atoms with Crippen LogP contribution in [-0.2, 0) is 0 Å². The SMILES string of the molecule is FC(F)(F)C1=Nc2ccc(Cl)cc2C(C(F)(F)F)=Nc2ccc(Cl)cc21. The van der Waals surface area contributed by atoms with Crippen LogP contribution in [0.3, 0.4) is 0 Å². The van der Waals surface area contributed by atoms with Crippen molar-refractivity contribution in [3.8, 4) is 0 Å². The quantitative estimate of drug-likeness (QED) is 0.433. The maximum atomic E-state index is 13.5. The lowest BCUT2D eigenvalue weighted by Crippen LogP contribution is -2.28. The second-order valence-electron chi connectivity index (χ2n) is 5.24. The van der Waals surface area contributed by atoms with Gasteiger partial charge in [-0.15, -0.1) is 0 Å². The number of aliphatic imine (C=N–C) groups is 2. The van der Waals surface area contributed by atoms with Crippen LogP contribution >= 0.6 is 23.2 Å². The number of alkyl halides is 6. The van der Waals surface area contributed by atoms with Crippen LogP contribution in [0.5, 0.6) is 0 Å². The Morgan fingerprint density at radius 2 is 0.962 bits per heavy atom. The van der Waals surface area contributed by atoms with Gasteiger partial charge in [0.1, 0.15) is 0 Å². The second-order valence-corrected chi connectivity index (χ2v) is 6.11. The van der Waals surface area contributed by atoms with E-state index in [1.165, 1.54) is 0 Å². The first-order chi connectivity index (χ1) is 12.0. The molecule has 0 amide bonds. The van der Waals surface area contributed by atoms with Crippen molar-refractivity contribution in [2.24, 2.45) is 9.98 Å². The zero-order valence-corrected chi connectivity index (χ0v) is 13.9. The van der Waals surface area contributed by atoms with Crippen LogP contribution in [0, 0.1) is 0 Å². The third-order valence-corrected chi connectivity index (χ3v) is 3.90. The van der Waals surface area contributed by atoms with E-state index in [9.17, 15) is 26.3 Å². The molecule has 0 bridgehead atoms. The molecule has 0 saturated heterocycles. The van der Waals surface area contributed by atoms with Gasteiger partial charge in [-0.25, -0.2) is 9.98 Å². The van der Waals surface area contributed by atoms with Gasteiger partial charge in [0.25, 0.3) is 0 Å². The second kappa shape index (κ2) is 6.28. The highest BCUT2D eigenvalue weighted by atomic mass is 35.5. The van der Waals surface area contributed by atoms with E-state index in [1.54, 1.807) is 0 Å². The fraction of sp³-hybridized carbons (Fsp3) is 0.125. The van der Waals surface area contributed by atoms with Crippen LogP contribution < -0.4 is 0 Å². The summed E-state index contributed by atoms with van der Waals surface area (Å²) in [5, 5.41) is -0.192. The average molecular weight is 411 g/mol. The molecule has 0 spiro atoms. The molecule has 1 aliphatic rings. The largest absolute Gasteiger partial charge is 0.434 e. The van der Waals surface area contributed by atoms with Gasteiger partial charge in [0.2, 0.25) is 0 Å². The Morgan fingerprint density at radius 3 is 1.27 bits per heavy atom. The third kappa shape index (κ3) is 3.57. The lowest BCUT2D eigenvalue weighted by Gasteiger charge is -2.20. The van der Waals surface area contributed by atoms with Gasteiger partial charge in [-0.2, -0.15) is 26.3 Å². The van der Waals surface area contributed by atoms with E-state index in [4.69, 9.17) is 23.2 Å². The summed E-state index contributed by atoms with van der Waals surface area (Å²) in [5.74, 6) is 0. The number of hydrogen-bond donors (Lipinski definition) is 0. The van der Waals surface area contributed by atoms with E-state index in [-0.39, 0.29) is 10.0 Å². The summed E-state index contributed by atoms with van der Waals surface area (Å²) in [6, 6.07) is 5.99. The highest BCUT2D eigenvalue weighted by Crippen LogP contribution is 2.39. The van der Waals surface area contributed by atoms with Gasteiger partial charge in [0.15, 0.2) is 11.4 Å². The van der Waals surface area contributed by atoms with Crippen molar-refractivity contribution in [1.29, 1.82) is 0 Å². The fourth-order valence-corrected chi connectivity index (χ4v) is 2.73. The van der Waals surface area contributed by atoms with Crippen molar-refractivity contribution in [3.05, 3.63) is 57.6 Å². The molecular formula is C16H6Cl2F6N2. The van der Waals surface area contributed by atoms with Crippen LogP contribution in [0.15, 0.2) is 46.4 Å². The Bertz CT molecular complexity index is 867. The van der Waals surface area contributed by atoms with Gasteiger partial charge in [0, 0.05) is 21.2 Å². The number of hydrogen-bond acceptors (Lipinski definition) is 2. The standard InChI is InChI=1S/C16H6Cl2F6N2/c17-7-1-3-11-9(5-7)13(15(19,20)21)26-12-4-2-8(18)6-10(12)14(25-11)16(22,23)24/h1-6H. The summed E-state index contributed by atoms with van der Waals surface area (Å²) < 4.78 is 81.0. The van der Waals surface area contributed by atoms with Crippen molar-refractivity contribution in [2.75, 3.05) is 0 Å². The molecule has 0 N–H and O–H groups in total. The van der Waals surface area contributed by atoms with Gasteiger partial charge in [-0.05, 0) is 36.4 Å². The molecule has 3 rings (SSSR count). The van der Waals surface area contributed by atoms with Crippen molar-refractivity contribution in [3.63, 3.8) is 0 Å². The minimum atomic E-state index is -4.94. The monoisotopic (exact) mass is 410 g/mol. The predicted molar refractivity (Wildman–Crippen MR) is 87.4 cm³/mol. The maximum Gasteiger partial charge on any atom is 0.434 e. The Morgan fingerprint density at radius 1 is 0.615 bits per heavy atom. The van der Waals surface area contributed by atoms with Gasteiger partial charge < -0.3 is 0 Å². The number of halogens is 8. The summed E-state index contributed by atoms with van der Waals surface area (Å²) in [5.41, 5.74) is -5.20. The minimum absolute atomic E-state index is 0.0960. The van der Waals surface area contributed by atoms with Crippen LogP contribution in [-0.4, -0.2) is 23.8 Å². The average Bonchev–Trinajstić information content (AvgIpc) is 2.48. The third-order valence-electron chi connectivity index (χ3n) is 3.43. The first-order valence-electron chi connectivity index (χ1n) is 6.88. The van der Waals surface area contributed by atoms with E-state index in [0.717, 1.165) is 36.4 Å². The van der Waals surface area contributed by atoms with Crippen molar-refractivity contribution in [1.82, 2.24) is 0 Å². The molecule has 0 fully saturated rings. The summed E-state index contributed by atoms with van der Waals surface area (Å²) in [6.07, 6.45) is -9.89. The molecule has 10 heteroatoms. The number of benzene rings is 2. The van der Waals surface area contributed by atoms with Gasteiger partial charge in [-0.1, -0.05) is 23.2 Å². The van der Waals surface area contributed by atoms with Crippen molar-refractivity contribution < 1.29 is 26.3 Å². The fourth-order valence-electron chi connectivity index (χ4n) is 2.38. The normalized spacial score (nSPS) is 14.6. The van der Waals surface area contributed by atoms with Gasteiger partial charge in [0.05, 0.1) is 11.4 Å². The minimum Gasteiger partial charge on any atom is -0.243 e. The molecule has 0 aliphatic carbocycles. The summed E-state index contributed by atoms with van der Waals surface area (Å²) in [7, 11) is 0. The van der Waals surface area contributed by atoms with Gasteiger partial charge in [-0.3, -0.25) is 0 Å². The van der Waals surface area contributed by atoms with E-state index in [0.29, 0.717) is 0 Å². The molecule has 26 heavy (non-hydrogen) atoms. The summed E-state index contributed by atoms with van der Waals surface area (Å²) in [4.78, 5) is 6.90. The number of rotatable bonds is 0. The van der Waals surface area contributed by atoms with Crippen molar-refractivity contribution >= 4 is 46.0 Å². The number of nitrogens with zero attached hydrogens (tertiary/aromatic N) is 2. The van der Waals surface area contributed by atoms with Crippen LogP contribution in [0.1, 0.15) is 11.1 Å². The smallest absolute Gasteiger partial charge is 0.243 e. The maximum absolute atomic E-state index is 13.5. The van der Waals surface area contributed by atoms with Gasteiger partial charge >= 0.3 is 12.4 Å². The molecule has 0 atom stereocenters. The van der Waals surface area contributed by atoms with E-state index in [1.807, 2.05) is 0 Å². The lowest BCUT2D eigenvalue weighted by molar-refractivity contribution is -0.0582. The lowest BCUT2D eigenvalue weighted by atomic mass is 10.0. The first kappa shape index (κ1) is 18.7. The van der Waals surface area contributed by atoms with Crippen molar-refractivity contribution in [2.45, 2.75) is 12.4 Å². The molecule has 1 aliphatic heterocycles. The summed E-state index contributed by atoms with van der Waals surface area (Å²) in [6.45, 7) is 0. The number of fused-ring (bicyclic) bond motifs is 2. The van der Waals surface area contributed by atoms with E-state index < -0.39 is 46.3 Å². The highest BCUT2D eigenvalue weighted by molar-refractivity contribution is 6.32. The molecular weight excluding hydrogens is 405 g/mol. The molecule has 2 aromatic rings. The molecule has 1 heterocycles. The van der Waals surface area contributed by atoms with E-state index in [2.05, 4.69) is 9.98 Å². The first-order valence-corrected chi connectivity index (χ1v) is 7.64. The molecule has 0 saturated carbocycles. The Balaban J connectivity index is 2.44. The predicted octanol–water partition coefficient (Wildman–Crippen LogP) is 6.67. The molecule has 0 unspecified atom stereocenters. The van der Waals surface area contributed by atoms with E-state index >= 15 is 0 Å². The Kier molecular flexibility index (Phi) is 4.52. The van der Waals surface area contributed by atoms with Crippen LogP contribution in [0.4, 0.5) is 37.7 Å². The van der Waals surface area contributed by atoms with Crippen LogP contribution in [0.2, 0.25) is 10.0 Å². The van der Waals surface area contributed by atoms with Crippen LogP contribution in [0.25, 0.3) is 0 Å². The zero-order valence-electron chi connectivity index (χ0n) is 12.4. The topological polar surface area (TPSA) is 24.7 Å². The highest BCUT2D eigenvalue weighted by Gasteiger charge is 2.42.